The topological polar surface area (TPSA) is 3.24 Å². The Morgan fingerprint density at radius 2 is 0.770 bits per heavy atom. The first kappa shape index (κ1) is 35.7. The van der Waals surface area contributed by atoms with Crippen LogP contribution in [0.4, 0.5) is 17.1 Å². The van der Waals surface area contributed by atoms with Gasteiger partial charge in [0, 0.05) is 22.5 Å². The van der Waals surface area contributed by atoms with Gasteiger partial charge in [0.25, 0.3) is 0 Å². The van der Waals surface area contributed by atoms with Crippen molar-refractivity contribution in [2.24, 2.45) is 0 Å². The Kier molecular flexibility index (Phi) is 7.69. The van der Waals surface area contributed by atoms with Gasteiger partial charge in [0.2, 0.25) is 0 Å². The number of benzene rings is 9. The normalized spacial score (nSPS) is 14.2. The first-order valence-corrected chi connectivity index (χ1v) is 21.6. The van der Waals surface area contributed by atoms with Gasteiger partial charge in [0.15, 0.2) is 0 Å². The zero-order valence-corrected chi connectivity index (χ0v) is 35.0. The van der Waals surface area contributed by atoms with E-state index >= 15 is 0 Å². The number of aryl methyl sites for hydroxylation is 2. The van der Waals surface area contributed by atoms with Gasteiger partial charge in [-0.05, 0) is 156 Å². The second-order valence-corrected chi connectivity index (χ2v) is 17.8. The van der Waals surface area contributed by atoms with Crippen molar-refractivity contribution >= 4 is 17.1 Å². The van der Waals surface area contributed by atoms with Gasteiger partial charge in [-0.3, -0.25) is 0 Å². The maximum absolute atomic E-state index is 2.54. The summed E-state index contributed by atoms with van der Waals surface area (Å²) in [5.74, 6) is 0. The number of anilines is 3. The molecule has 0 atom stereocenters. The van der Waals surface area contributed by atoms with Crippen LogP contribution >= 0.6 is 0 Å². The van der Waals surface area contributed by atoms with Crippen LogP contribution in [0.2, 0.25) is 0 Å². The molecule has 9 aromatic rings. The Hall–Kier alpha value is -7.22. The molecule has 0 N–H and O–H groups in total. The van der Waals surface area contributed by atoms with Crippen molar-refractivity contribution in [3.8, 4) is 55.6 Å². The van der Waals surface area contributed by atoms with Gasteiger partial charge in [-0.1, -0.05) is 172 Å². The SMILES string of the molecule is Cc1cc(N(c2ccc3c(c2)C(C)(C)c2ccccc2-3)c2ccc3c(c2)C2(c4ccccc4-c4ccccc42)c2ccccc2-3)c(C)cc1-c1cccc(-c2ccccc2)c1. The minimum absolute atomic E-state index is 0.132. The molecule has 290 valence electrons. The molecule has 0 radical (unpaired) electrons. The highest BCUT2D eigenvalue weighted by Gasteiger charge is 2.51. The molecule has 1 nitrogen and oxygen atoms in total. The number of nitrogens with zero attached hydrogens (tertiary/aromatic N) is 1. The van der Waals surface area contributed by atoms with Crippen molar-refractivity contribution in [1.82, 2.24) is 0 Å². The Balaban J connectivity index is 1.09. The predicted octanol–water partition coefficient (Wildman–Crippen LogP) is 15.8. The van der Waals surface area contributed by atoms with E-state index in [1.165, 1.54) is 106 Å². The summed E-state index contributed by atoms with van der Waals surface area (Å²) in [7, 11) is 0. The van der Waals surface area contributed by atoms with E-state index in [0.717, 1.165) is 11.4 Å². The zero-order chi connectivity index (χ0) is 41.0. The van der Waals surface area contributed by atoms with Crippen LogP contribution < -0.4 is 4.90 Å². The number of hydrogen-bond donors (Lipinski definition) is 0. The van der Waals surface area contributed by atoms with Crippen LogP contribution in [-0.2, 0) is 10.8 Å². The van der Waals surface area contributed by atoms with Gasteiger partial charge in [-0.15, -0.1) is 0 Å². The van der Waals surface area contributed by atoms with Gasteiger partial charge < -0.3 is 4.90 Å². The summed E-state index contributed by atoms with van der Waals surface area (Å²) in [6.45, 7) is 9.32. The molecule has 0 saturated heterocycles. The molecule has 3 aliphatic rings. The summed E-state index contributed by atoms with van der Waals surface area (Å²) in [5.41, 5.74) is 26.4. The maximum atomic E-state index is 2.54. The lowest BCUT2D eigenvalue weighted by Gasteiger charge is -2.33. The van der Waals surface area contributed by atoms with E-state index in [1.54, 1.807) is 0 Å². The number of fused-ring (bicyclic) bond motifs is 13. The zero-order valence-electron chi connectivity index (χ0n) is 35.0. The summed E-state index contributed by atoms with van der Waals surface area (Å²) in [6.07, 6.45) is 0. The number of hydrogen-bond acceptors (Lipinski definition) is 1. The molecule has 0 amide bonds. The van der Waals surface area contributed by atoms with Crippen LogP contribution in [0, 0.1) is 13.8 Å². The second kappa shape index (κ2) is 13.1. The van der Waals surface area contributed by atoms with E-state index in [4.69, 9.17) is 0 Å². The molecular formula is C60H45N. The molecule has 1 heteroatoms. The van der Waals surface area contributed by atoms with Crippen molar-refractivity contribution in [3.05, 3.63) is 245 Å². The number of rotatable bonds is 5. The van der Waals surface area contributed by atoms with Gasteiger partial charge in [0.1, 0.15) is 0 Å². The van der Waals surface area contributed by atoms with Crippen LogP contribution in [0.3, 0.4) is 0 Å². The summed E-state index contributed by atoms with van der Waals surface area (Å²) < 4.78 is 0. The average Bonchev–Trinajstić information content (AvgIpc) is 3.86. The summed E-state index contributed by atoms with van der Waals surface area (Å²) in [6, 6.07) is 75.2. The van der Waals surface area contributed by atoms with Gasteiger partial charge in [0.05, 0.1) is 5.41 Å². The highest BCUT2D eigenvalue weighted by Crippen LogP contribution is 2.63. The lowest BCUT2D eigenvalue weighted by molar-refractivity contribution is 0.660. The van der Waals surface area contributed by atoms with E-state index < -0.39 is 5.41 Å². The first-order chi connectivity index (χ1) is 29.8. The minimum atomic E-state index is -0.430. The minimum Gasteiger partial charge on any atom is -0.310 e. The highest BCUT2D eigenvalue weighted by atomic mass is 15.1. The molecule has 12 rings (SSSR count). The molecule has 0 heterocycles. The van der Waals surface area contributed by atoms with Crippen LogP contribution in [-0.4, -0.2) is 0 Å². The lowest BCUT2D eigenvalue weighted by atomic mass is 9.70. The van der Waals surface area contributed by atoms with Crippen LogP contribution in [0.25, 0.3) is 55.6 Å². The third-order valence-corrected chi connectivity index (χ3v) is 14.1. The molecule has 0 fully saturated rings. The Morgan fingerprint density at radius 1 is 0.311 bits per heavy atom. The summed E-state index contributed by atoms with van der Waals surface area (Å²) in [5, 5.41) is 0. The van der Waals surface area contributed by atoms with Crippen LogP contribution in [0.5, 0.6) is 0 Å². The average molecular weight is 780 g/mol. The van der Waals surface area contributed by atoms with E-state index in [9.17, 15) is 0 Å². The smallest absolute Gasteiger partial charge is 0.0726 e. The fraction of sp³-hybridized carbons (Fsp3) is 0.100. The molecule has 0 unspecified atom stereocenters. The molecule has 0 aromatic heterocycles. The standard InChI is InChI=1S/C60H45N/c1-38-34-58(39(2)33-51(38)42-20-16-19-41(35-42)40-17-6-5-7-18-40)61(43-29-31-49-45-21-8-12-25-52(45)59(3,4)56(49)36-43)44-30-32-50-48-24-11-15-28-55(48)60(57(50)37-44)53-26-13-9-22-46(53)47-23-10-14-27-54(47)60/h5-37H,1-4H3. The largest absolute Gasteiger partial charge is 0.310 e. The van der Waals surface area contributed by atoms with Crippen molar-refractivity contribution in [2.75, 3.05) is 4.90 Å². The molecule has 0 bridgehead atoms. The molecular weight excluding hydrogens is 735 g/mol. The Bertz CT molecular complexity index is 3190. The Labute approximate surface area is 359 Å². The van der Waals surface area contributed by atoms with E-state index in [2.05, 4.69) is 233 Å². The predicted molar refractivity (Wildman–Crippen MR) is 255 cm³/mol. The molecule has 0 aliphatic heterocycles. The van der Waals surface area contributed by atoms with Gasteiger partial charge in [-0.25, -0.2) is 0 Å². The quantitative estimate of drug-likeness (QED) is 0.168. The summed E-state index contributed by atoms with van der Waals surface area (Å²) >= 11 is 0. The van der Waals surface area contributed by atoms with Crippen LogP contribution in [0.1, 0.15) is 58.4 Å². The Morgan fingerprint density at radius 3 is 1.38 bits per heavy atom. The van der Waals surface area contributed by atoms with E-state index in [0.29, 0.717) is 0 Å². The summed E-state index contributed by atoms with van der Waals surface area (Å²) in [4.78, 5) is 2.54. The molecule has 0 saturated carbocycles. The molecule has 3 aliphatic carbocycles. The van der Waals surface area contributed by atoms with Crippen molar-refractivity contribution in [3.63, 3.8) is 0 Å². The lowest BCUT2D eigenvalue weighted by Crippen LogP contribution is -2.26. The third kappa shape index (κ3) is 5.01. The van der Waals surface area contributed by atoms with Crippen molar-refractivity contribution < 1.29 is 0 Å². The van der Waals surface area contributed by atoms with Gasteiger partial charge in [-0.2, -0.15) is 0 Å². The van der Waals surface area contributed by atoms with Gasteiger partial charge >= 0.3 is 0 Å². The van der Waals surface area contributed by atoms with Crippen LogP contribution in [0.15, 0.2) is 200 Å². The maximum Gasteiger partial charge on any atom is 0.0726 e. The van der Waals surface area contributed by atoms with E-state index in [-0.39, 0.29) is 5.41 Å². The second-order valence-electron chi connectivity index (χ2n) is 17.8. The molecule has 1 spiro atoms. The van der Waals surface area contributed by atoms with Crippen molar-refractivity contribution in [2.45, 2.75) is 38.5 Å². The fourth-order valence-electron chi connectivity index (χ4n) is 11.3. The molecule has 9 aromatic carbocycles. The molecule has 61 heavy (non-hydrogen) atoms. The fourth-order valence-corrected chi connectivity index (χ4v) is 11.3. The third-order valence-electron chi connectivity index (χ3n) is 14.1. The van der Waals surface area contributed by atoms with E-state index in [1.807, 2.05) is 0 Å². The first-order valence-electron chi connectivity index (χ1n) is 21.6. The van der Waals surface area contributed by atoms with Crippen molar-refractivity contribution in [1.29, 1.82) is 0 Å². The highest BCUT2D eigenvalue weighted by molar-refractivity contribution is 5.97. The monoisotopic (exact) mass is 779 g/mol.